The minimum atomic E-state index is 0.279. The van der Waals surface area contributed by atoms with Crippen LogP contribution in [0.4, 0.5) is 0 Å². The number of amides is 1. The van der Waals surface area contributed by atoms with Crippen molar-refractivity contribution in [2.24, 2.45) is 5.92 Å². The van der Waals surface area contributed by atoms with Crippen molar-refractivity contribution in [1.82, 2.24) is 10.2 Å². The molecule has 0 aromatic heterocycles. The standard InChI is InChI=1S/C16H30N2O2/c1-2-14-4-3-5-15(7-6-14)17-9-8-16(19)18-10-12-20-13-11-18/h14-15,17H,2-13H2,1H3. The van der Waals surface area contributed by atoms with Gasteiger partial charge in [-0.2, -0.15) is 0 Å². The lowest BCUT2D eigenvalue weighted by Gasteiger charge is -2.27. The van der Waals surface area contributed by atoms with Crippen molar-refractivity contribution in [3.8, 4) is 0 Å². The van der Waals surface area contributed by atoms with E-state index in [0.29, 0.717) is 25.7 Å². The highest BCUT2D eigenvalue weighted by Crippen LogP contribution is 2.25. The van der Waals surface area contributed by atoms with Crippen LogP contribution in [-0.4, -0.2) is 49.7 Å². The van der Waals surface area contributed by atoms with E-state index in [1.54, 1.807) is 0 Å². The van der Waals surface area contributed by atoms with Crippen LogP contribution >= 0.6 is 0 Å². The first-order valence-electron chi connectivity index (χ1n) is 8.38. The lowest BCUT2D eigenvalue weighted by Crippen LogP contribution is -2.42. The van der Waals surface area contributed by atoms with Gasteiger partial charge in [0.25, 0.3) is 0 Å². The van der Waals surface area contributed by atoms with Crippen molar-refractivity contribution in [3.05, 3.63) is 0 Å². The molecule has 0 aromatic rings. The molecule has 116 valence electrons. The lowest BCUT2D eigenvalue weighted by molar-refractivity contribution is -0.135. The summed E-state index contributed by atoms with van der Waals surface area (Å²) in [4.78, 5) is 14.0. The van der Waals surface area contributed by atoms with Crippen molar-refractivity contribution < 1.29 is 9.53 Å². The Kier molecular flexibility index (Phi) is 6.80. The van der Waals surface area contributed by atoms with E-state index in [0.717, 1.165) is 25.6 Å². The predicted molar refractivity (Wildman–Crippen MR) is 80.7 cm³/mol. The maximum absolute atomic E-state index is 12.0. The maximum atomic E-state index is 12.0. The highest BCUT2D eigenvalue weighted by atomic mass is 16.5. The summed E-state index contributed by atoms with van der Waals surface area (Å²) in [5.74, 6) is 1.21. The number of hydrogen-bond acceptors (Lipinski definition) is 3. The Bertz CT molecular complexity index is 290. The Morgan fingerprint density at radius 1 is 1.20 bits per heavy atom. The zero-order chi connectivity index (χ0) is 14.2. The molecule has 0 bridgehead atoms. The zero-order valence-electron chi connectivity index (χ0n) is 12.9. The quantitative estimate of drug-likeness (QED) is 0.786. The molecule has 0 radical (unpaired) electrons. The van der Waals surface area contributed by atoms with E-state index >= 15 is 0 Å². The molecule has 0 spiro atoms. The summed E-state index contributed by atoms with van der Waals surface area (Å²) in [5, 5.41) is 3.60. The summed E-state index contributed by atoms with van der Waals surface area (Å²) in [5.41, 5.74) is 0. The Morgan fingerprint density at radius 2 is 2.00 bits per heavy atom. The van der Waals surface area contributed by atoms with Crippen LogP contribution in [-0.2, 0) is 9.53 Å². The van der Waals surface area contributed by atoms with E-state index in [-0.39, 0.29) is 5.91 Å². The molecule has 2 rings (SSSR count). The number of carbonyl (C=O) groups excluding carboxylic acids is 1. The molecule has 1 amide bonds. The summed E-state index contributed by atoms with van der Waals surface area (Å²) in [6, 6.07) is 0.629. The third-order valence-electron chi connectivity index (χ3n) is 4.80. The summed E-state index contributed by atoms with van der Waals surface area (Å²) >= 11 is 0. The molecule has 2 atom stereocenters. The first kappa shape index (κ1) is 15.8. The molecule has 2 aliphatic rings. The van der Waals surface area contributed by atoms with Crippen LogP contribution < -0.4 is 5.32 Å². The van der Waals surface area contributed by atoms with E-state index in [1.165, 1.54) is 38.5 Å². The number of carbonyl (C=O) groups is 1. The molecule has 2 unspecified atom stereocenters. The van der Waals surface area contributed by atoms with Gasteiger partial charge in [0, 0.05) is 32.1 Å². The number of rotatable bonds is 5. The van der Waals surface area contributed by atoms with Gasteiger partial charge in [-0.1, -0.05) is 26.2 Å². The van der Waals surface area contributed by atoms with Gasteiger partial charge < -0.3 is 15.0 Å². The molecular weight excluding hydrogens is 252 g/mol. The lowest BCUT2D eigenvalue weighted by atomic mass is 9.98. The van der Waals surface area contributed by atoms with Gasteiger partial charge in [-0.25, -0.2) is 0 Å². The van der Waals surface area contributed by atoms with E-state index in [4.69, 9.17) is 4.74 Å². The summed E-state index contributed by atoms with van der Waals surface area (Å²) in [6.45, 7) is 6.05. The van der Waals surface area contributed by atoms with E-state index in [9.17, 15) is 4.79 Å². The molecule has 4 nitrogen and oxygen atoms in total. The second-order valence-electron chi connectivity index (χ2n) is 6.18. The van der Waals surface area contributed by atoms with Crippen molar-refractivity contribution in [2.75, 3.05) is 32.8 Å². The maximum Gasteiger partial charge on any atom is 0.224 e. The number of morpholine rings is 1. The van der Waals surface area contributed by atoms with Crippen LogP contribution in [0.1, 0.15) is 51.9 Å². The van der Waals surface area contributed by atoms with Gasteiger partial charge >= 0.3 is 0 Å². The number of ether oxygens (including phenoxy) is 1. The fourth-order valence-electron chi connectivity index (χ4n) is 3.34. The number of hydrogen-bond donors (Lipinski definition) is 1. The number of nitrogens with one attached hydrogen (secondary N) is 1. The molecule has 1 saturated heterocycles. The molecule has 4 heteroatoms. The Hall–Kier alpha value is -0.610. The largest absolute Gasteiger partial charge is 0.378 e. The van der Waals surface area contributed by atoms with Crippen molar-refractivity contribution in [1.29, 1.82) is 0 Å². The fourth-order valence-corrected chi connectivity index (χ4v) is 3.34. The van der Waals surface area contributed by atoms with Crippen molar-refractivity contribution in [3.63, 3.8) is 0 Å². The third kappa shape index (κ3) is 5.06. The van der Waals surface area contributed by atoms with E-state index < -0.39 is 0 Å². The topological polar surface area (TPSA) is 41.6 Å². The van der Waals surface area contributed by atoms with Gasteiger partial charge in [-0.05, 0) is 25.2 Å². The van der Waals surface area contributed by atoms with Gasteiger partial charge in [0.2, 0.25) is 5.91 Å². The zero-order valence-corrected chi connectivity index (χ0v) is 12.9. The van der Waals surface area contributed by atoms with E-state index in [2.05, 4.69) is 12.2 Å². The molecule has 0 aromatic carbocycles. The Morgan fingerprint density at radius 3 is 2.75 bits per heavy atom. The highest BCUT2D eigenvalue weighted by molar-refractivity contribution is 5.76. The smallest absolute Gasteiger partial charge is 0.224 e. The Labute approximate surface area is 123 Å². The average molecular weight is 282 g/mol. The monoisotopic (exact) mass is 282 g/mol. The van der Waals surface area contributed by atoms with Gasteiger partial charge in [-0.15, -0.1) is 0 Å². The molecule has 1 aliphatic heterocycles. The minimum absolute atomic E-state index is 0.279. The van der Waals surface area contributed by atoms with Gasteiger partial charge in [-0.3, -0.25) is 4.79 Å². The fraction of sp³-hybridized carbons (Fsp3) is 0.938. The Balaban J connectivity index is 1.61. The second-order valence-corrected chi connectivity index (χ2v) is 6.18. The SMILES string of the molecule is CCC1CCCC(NCCC(=O)N2CCOCC2)CC1. The van der Waals surface area contributed by atoms with Crippen LogP contribution in [0.5, 0.6) is 0 Å². The average Bonchev–Trinajstić information content (AvgIpc) is 2.73. The summed E-state index contributed by atoms with van der Waals surface area (Å²) in [6.07, 6.45) is 8.60. The molecule has 2 fully saturated rings. The third-order valence-corrected chi connectivity index (χ3v) is 4.80. The number of nitrogens with zero attached hydrogens (tertiary/aromatic N) is 1. The summed E-state index contributed by atoms with van der Waals surface area (Å²) in [7, 11) is 0. The molecular formula is C16H30N2O2. The highest BCUT2D eigenvalue weighted by Gasteiger charge is 2.19. The van der Waals surface area contributed by atoms with Gasteiger partial charge in [0.1, 0.15) is 0 Å². The first-order valence-corrected chi connectivity index (χ1v) is 8.38. The first-order chi connectivity index (χ1) is 9.79. The molecule has 1 N–H and O–H groups in total. The van der Waals surface area contributed by atoms with Crippen molar-refractivity contribution in [2.45, 2.75) is 57.9 Å². The molecule has 1 aliphatic carbocycles. The minimum Gasteiger partial charge on any atom is -0.378 e. The van der Waals surface area contributed by atoms with Crippen LogP contribution in [0.2, 0.25) is 0 Å². The molecule has 1 saturated carbocycles. The second kappa shape index (κ2) is 8.63. The van der Waals surface area contributed by atoms with E-state index in [1.807, 2.05) is 4.90 Å². The summed E-state index contributed by atoms with van der Waals surface area (Å²) < 4.78 is 5.27. The van der Waals surface area contributed by atoms with Gasteiger partial charge in [0.15, 0.2) is 0 Å². The normalized spacial score (nSPS) is 28.1. The van der Waals surface area contributed by atoms with Crippen LogP contribution in [0.15, 0.2) is 0 Å². The van der Waals surface area contributed by atoms with Crippen LogP contribution in [0.25, 0.3) is 0 Å². The van der Waals surface area contributed by atoms with Crippen molar-refractivity contribution >= 4 is 5.91 Å². The van der Waals surface area contributed by atoms with Crippen LogP contribution in [0, 0.1) is 5.92 Å². The van der Waals surface area contributed by atoms with Crippen LogP contribution in [0.3, 0.4) is 0 Å². The molecule has 1 heterocycles. The molecule has 20 heavy (non-hydrogen) atoms. The predicted octanol–water partition coefficient (Wildman–Crippen LogP) is 2.18. The van der Waals surface area contributed by atoms with Gasteiger partial charge in [0.05, 0.1) is 13.2 Å².